The van der Waals surface area contributed by atoms with Gasteiger partial charge in [0, 0.05) is 18.7 Å². The highest BCUT2D eigenvalue weighted by Crippen LogP contribution is 2.22. The van der Waals surface area contributed by atoms with Crippen molar-refractivity contribution in [2.75, 3.05) is 13.1 Å². The Balaban J connectivity index is 1.74. The molecular weight excluding hydrogens is 413 g/mol. The van der Waals surface area contributed by atoms with Gasteiger partial charge < -0.3 is 9.26 Å². The van der Waals surface area contributed by atoms with E-state index in [1.54, 1.807) is 26.0 Å². The number of rotatable bonds is 8. The van der Waals surface area contributed by atoms with Crippen LogP contribution in [0.4, 0.5) is 4.39 Å². The Hall–Kier alpha value is -3.11. The molecule has 0 aliphatic carbocycles. The molecule has 8 nitrogen and oxygen atoms in total. The van der Waals surface area contributed by atoms with Crippen LogP contribution in [0.15, 0.2) is 57.9 Å². The van der Waals surface area contributed by atoms with Gasteiger partial charge in [-0.2, -0.15) is 9.29 Å². The molecule has 0 atom stereocenters. The maximum absolute atomic E-state index is 14.2. The van der Waals surface area contributed by atoms with E-state index in [0.29, 0.717) is 5.82 Å². The van der Waals surface area contributed by atoms with Gasteiger partial charge in [-0.25, -0.2) is 17.6 Å². The van der Waals surface area contributed by atoms with Crippen LogP contribution in [0.5, 0.6) is 0 Å². The number of hydrogen-bond acceptors (Lipinski definition) is 7. The fourth-order valence-electron chi connectivity index (χ4n) is 2.76. The van der Waals surface area contributed by atoms with E-state index in [9.17, 15) is 17.6 Å². The van der Waals surface area contributed by atoms with Crippen LogP contribution in [0.2, 0.25) is 0 Å². The molecule has 30 heavy (non-hydrogen) atoms. The fourth-order valence-corrected chi connectivity index (χ4v) is 4.31. The summed E-state index contributed by atoms with van der Waals surface area (Å²) in [4.78, 5) is 15.9. The Kier molecular flexibility index (Phi) is 6.58. The molecule has 1 heterocycles. The zero-order valence-electron chi connectivity index (χ0n) is 16.4. The van der Waals surface area contributed by atoms with Gasteiger partial charge in [0.15, 0.2) is 6.61 Å². The monoisotopic (exact) mass is 433 g/mol. The molecule has 0 bridgehead atoms. The number of hydrogen-bond donors (Lipinski definition) is 0. The van der Waals surface area contributed by atoms with Gasteiger partial charge in [0.1, 0.15) is 10.7 Å². The van der Waals surface area contributed by atoms with Crippen LogP contribution < -0.4 is 0 Å². The molecule has 0 fully saturated rings. The topological polar surface area (TPSA) is 103 Å². The minimum Gasteiger partial charge on any atom is -0.452 e. The van der Waals surface area contributed by atoms with Crippen molar-refractivity contribution in [3.8, 4) is 11.4 Å². The second kappa shape index (κ2) is 9.14. The van der Waals surface area contributed by atoms with Crippen molar-refractivity contribution in [1.82, 2.24) is 14.4 Å². The molecule has 1 aromatic heterocycles. The number of carbonyl (C=O) groups is 1. The molecule has 0 unspecified atom stereocenters. The zero-order valence-corrected chi connectivity index (χ0v) is 17.2. The van der Waals surface area contributed by atoms with E-state index in [1.165, 1.54) is 0 Å². The van der Waals surface area contributed by atoms with E-state index in [2.05, 4.69) is 10.1 Å². The maximum Gasteiger partial charge on any atom is 0.338 e. The number of esters is 1. The summed E-state index contributed by atoms with van der Waals surface area (Å²) in [5.41, 5.74) is 0.633. The van der Waals surface area contributed by atoms with Crippen LogP contribution in [-0.4, -0.2) is 41.9 Å². The summed E-state index contributed by atoms with van der Waals surface area (Å²) in [6.45, 7) is 3.33. The molecule has 0 saturated heterocycles. The van der Waals surface area contributed by atoms with Gasteiger partial charge in [-0.05, 0) is 18.2 Å². The SMILES string of the molecule is CCN(CC)S(=O)(=O)c1cc(C(=O)OCc2nc(-c3ccccc3)no2)ccc1F. The van der Waals surface area contributed by atoms with E-state index < -0.39 is 26.7 Å². The van der Waals surface area contributed by atoms with Gasteiger partial charge in [0.05, 0.1) is 5.56 Å². The van der Waals surface area contributed by atoms with Crippen molar-refractivity contribution in [3.63, 3.8) is 0 Å². The Morgan fingerprint density at radius 3 is 2.50 bits per heavy atom. The molecule has 0 saturated carbocycles. The molecule has 0 aliphatic heterocycles. The summed E-state index contributed by atoms with van der Waals surface area (Å²) >= 11 is 0. The number of benzene rings is 2. The Morgan fingerprint density at radius 2 is 1.83 bits per heavy atom. The molecule has 3 aromatic rings. The zero-order chi connectivity index (χ0) is 21.7. The smallest absolute Gasteiger partial charge is 0.338 e. The van der Waals surface area contributed by atoms with Gasteiger partial charge in [0.25, 0.3) is 5.89 Å². The van der Waals surface area contributed by atoms with Crippen molar-refractivity contribution in [1.29, 1.82) is 0 Å². The molecular formula is C20H20FN3O5S. The lowest BCUT2D eigenvalue weighted by Gasteiger charge is -2.19. The average molecular weight is 433 g/mol. The molecule has 0 N–H and O–H groups in total. The number of aromatic nitrogens is 2. The van der Waals surface area contributed by atoms with Gasteiger partial charge in [-0.15, -0.1) is 0 Å². The summed E-state index contributed by atoms with van der Waals surface area (Å²) in [7, 11) is -4.07. The van der Waals surface area contributed by atoms with Gasteiger partial charge >= 0.3 is 5.97 Å². The lowest BCUT2D eigenvalue weighted by Crippen LogP contribution is -2.31. The van der Waals surface area contributed by atoms with Crippen LogP contribution in [0, 0.1) is 5.82 Å². The third-order valence-electron chi connectivity index (χ3n) is 4.32. The van der Waals surface area contributed by atoms with Gasteiger partial charge in [-0.3, -0.25) is 0 Å². The standard InChI is InChI=1S/C20H20FN3O5S/c1-3-24(4-2)30(26,27)17-12-15(10-11-16(17)21)20(25)28-13-18-22-19(23-29-18)14-8-6-5-7-9-14/h5-12H,3-4,13H2,1-2H3. The predicted octanol–water partition coefficient (Wildman–Crippen LogP) is 3.26. The molecule has 0 radical (unpaired) electrons. The van der Waals surface area contributed by atoms with Crippen LogP contribution in [0.1, 0.15) is 30.1 Å². The Labute approximate surface area is 173 Å². The first-order valence-corrected chi connectivity index (χ1v) is 10.7. The lowest BCUT2D eigenvalue weighted by molar-refractivity contribution is 0.0429. The van der Waals surface area contributed by atoms with Crippen molar-refractivity contribution in [2.24, 2.45) is 0 Å². The number of carbonyl (C=O) groups excluding carboxylic acids is 1. The molecule has 2 aromatic carbocycles. The highest BCUT2D eigenvalue weighted by atomic mass is 32.2. The Morgan fingerprint density at radius 1 is 1.13 bits per heavy atom. The first kappa shape index (κ1) is 21.6. The van der Waals surface area contributed by atoms with Crippen LogP contribution in [0.3, 0.4) is 0 Å². The van der Waals surface area contributed by atoms with E-state index in [1.807, 2.05) is 18.2 Å². The summed E-state index contributed by atoms with van der Waals surface area (Å²) in [6, 6.07) is 12.1. The van der Waals surface area contributed by atoms with Crippen molar-refractivity contribution in [3.05, 3.63) is 65.8 Å². The lowest BCUT2D eigenvalue weighted by atomic mass is 10.2. The molecule has 158 valence electrons. The maximum atomic E-state index is 14.2. The normalized spacial score (nSPS) is 11.6. The van der Waals surface area contributed by atoms with Crippen molar-refractivity contribution in [2.45, 2.75) is 25.3 Å². The predicted molar refractivity (Wildman–Crippen MR) is 105 cm³/mol. The first-order valence-electron chi connectivity index (χ1n) is 9.21. The number of ether oxygens (including phenoxy) is 1. The minimum atomic E-state index is -4.07. The van der Waals surface area contributed by atoms with Crippen LogP contribution in [0.25, 0.3) is 11.4 Å². The number of nitrogens with zero attached hydrogens (tertiary/aromatic N) is 3. The average Bonchev–Trinajstić information content (AvgIpc) is 3.22. The molecule has 3 rings (SSSR count). The summed E-state index contributed by atoms with van der Waals surface area (Å²) in [5.74, 6) is -1.37. The largest absolute Gasteiger partial charge is 0.452 e. The van der Waals surface area contributed by atoms with Gasteiger partial charge in [0.2, 0.25) is 15.8 Å². The van der Waals surface area contributed by atoms with Crippen LogP contribution in [-0.2, 0) is 21.4 Å². The van der Waals surface area contributed by atoms with Gasteiger partial charge in [-0.1, -0.05) is 49.3 Å². The van der Waals surface area contributed by atoms with E-state index in [0.717, 1.165) is 28.1 Å². The highest BCUT2D eigenvalue weighted by molar-refractivity contribution is 7.89. The third-order valence-corrected chi connectivity index (χ3v) is 6.38. The van der Waals surface area contributed by atoms with Crippen molar-refractivity contribution < 1.29 is 26.9 Å². The summed E-state index contributed by atoms with van der Waals surface area (Å²) in [5, 5.41) is 3.82. The molecule has 0 aliphatic rings. The van der Waals surface area contributed by atoms with Crippen LogP contribution >= 0.6 is 0 Å². The molecule has 0 amide bonds. The Bertz CT molecular complexity index is 1130. The van der Waals surface area contributed by atoms with Crippen molar-refractivity contribution >= 4 is 16.0 Å². The molecule has 0 spiro atoms. The molecule has 10 heteroatoms. The highest BCUT2D eigenvalue weighted by Gasteiger charge is 2.26. The summed E-state index contributed by atoms with van der Waals surface area (Å²) in [6.07, 6.45) is 0. The quantitative estimate of drug-likeness (QED) is 0.502. The second-order valence-corrected chi connectivity index (χ2v) is 8.09. The summed E-state index contributed by atoms with van der Waals surface area (Å²) < 4.78 is 50.7. The second-order valence-electron chi connectivity index (χ2n) is 6.19. The third kappa shape index (κ3) is 4.55. The van der Waals surface area contributed by atoms with E-state index in [-0.39, 0.29) is 31.2 Å². The van der Waals surface area contributed by atoms with E-state index >= 15 is 0 Å². The minimum absolute atomic E-state index is 0.0697. The number of sulfonamides is 1. The fraction of sp³-hybridized carbons (Fsp3) is 0.250. The number of halogens is 1. The first-order chi connectivity index (χ1) is 14.4. The van der Waals surface area contributed by atoms with E-state index in [4.69, 9.17) is 9.26 Å².